The molecule has 0 rings (SSSR count). The molecule has 3 N–H and O–H groups in total. The van der Waals surface area contributed by atoms with Crippen LogP contribution in [-0.4, -0.2) is 41.7 Å². The maximum atomic E-state index is 11.1. The van der Waals surface area contributed by atoms with Crippen LogP contribution in [0.1, 0.15) is 26.2 Å². The lowest BCUT2D eigenvalue weighted by atomic mass is 10.3. The van der Waals surface area contributed by atoms with E-state index in [4.69, 9.17) is 5.11 Å². The van der Waals surface area contributed by atoms with Crippen molar-refractivity contribution in [3.05, 3.63) is 0 Å². The number of aliphatic carboxylic acids is 1. The Balaban J connectivity index is 3.21. The smallest absolute Gasteiger partial charge is 0.314 e. The van der Waals surface area contributed by atoms with Crippen LogP contribution in [0.25, 0.3) is 0 Å². The normalized spacial score (nSPS) is 9.81. The lowest BCUT2D eigenvalue weighted by molar-refractivity contribution is -0.137. The second-order valence-electron chi connectivity index (χ2n) is 3.23. The van der Waals surface area contributed by atoms with Crippen molar-refractivity contribution in [1.29, 1.82) is 0 Å². The molecule has 5 nitrogen and oxygen atoms in total. The van der Waals surface area contributed by atoms with Crippen LogP contribution in [0.5, 0.6) is 0 Å². The minimum atomic E-state index is -0.834. The first-order valence-corrected chi connectivity index (χ1v) is 6.63. The van der Waals surface area contributed by atoms with E-state index >= 15 is 0 Å². The van der Waals surface area contributed by atoms with Crippen molar-refractivity contribution in [1.82, 2.24) is 10.6 Å². The van der Waals surface area contributed by atoms with E-state index in [2.05, 4.69) is 17.6 Å². The highest BCUT2D eigenvalue weighted by molar-refractivity contribution is 7.99. The van der Waals surface area contributed by atoms with E-state index in [1.807, 2.05) is 11.8 Å². The van der Waals surface area contributed by atoms with Crippen molar-refractivity contribution in [2.24, 2.45) is 0 Å². The Labute approximate surface area is 100 Å². The van der Waals surface area contributed by atoms with Gasteiger partial charge in [0.25, 0.3) is 0 Å². The molecular weight excluding hydrogens is 228 g/mol. The molecule has 0 aromatic heterocycles. The summed E-state index contributed by atoms with van der Waals surface area (Å²) in [6.07, 6.45) is 1.52. The summed E-state index contributed by atoms with van der Waals surface area (Å²) in [7, 11) is 0. The monoisotopic (exact) mass is 248 g/mol. The molecule has 0 aromatic rings. The Morgan fingerprint density at radius 2 is 1.81 bits per heavy atom. The zero-order valence-corrected chi connectivity index (χ0v) is 10.4. The van der Waals surface area contributed by atoms with Crippen LogP contribution in [0.3, 0.4) is 0 Å². The summed E-state index contributed by atoms with van der Waals surface area (Å²) in [5.74, 6) is 1.32. The fourth-order valence-electron chi connectivity index (χ4n) is 1.02. The first-order chi connectivity index (χ1) is 7.66. The molecule has 0 aliphatic carbocycles. The summed E-state index contributed by atoms with van der Waals surface area (Å²) >= 11 is 1.85. The molecule has 0 aliphatic rings. The first kappa shape index (κ1) is 15.1. The van der Waals surface area contributed by atoms with Gasteiger partial charge in [0.15, 0.2) is 0 Å². The summed E-state index contributed by atoms with van der Waals surface area (Å²) in [6, 6.07) is -0.216. The average Bonchev–Trinajstić information content (AvgIpc) is 2.24. The number of carboxylic acids is 1. The van der Waals surface area contributed by atoms with E-state index in [0.29, 0.717) is 19.5 Å². The maximum absolute atomic E-state index is 11.1. The van der Waals surface area contributed by atoms with Crippen molar-refractivity contribution in [2.75, 3.05) is 24.6 Å². The second kappa shape index (κ2) is 10.6. The van der Waals surface area contributed by atoms with Gasteiger partial charge in [0.1, 0.15) is 0 Å². The standard InChI is InChI=1S/C10H20N2O3S/c1-2-16-8-4-7-12-10(15)11-6-3-5-9(13)14/h2-8H2,1H3,(H,13,14)(H2,11,12,15). The maximum Gasteiger partial charge on any atom is 0.314 e. The van der Waals surface area contributed by atoms with Gasteiger partial charge in [-0.3, -0.25) is 4.79 Å². The molecule has 0 radical (unpaired) electrons. The third-order valence-corrected chi connectivity index (χ3v) is 2.79. The van der Waals surface area contributed by atoms with E-state index in [1.165, 1.54) is 0 Å². The molecule has 0 aromatic carbocycles. The van der Waals surface area contributed by atoms with Gasteiger partial charge < -0.3 is 15.7 Å². The van der Waals surface area contributed by atoms with Gasteiger partial charge in [0, 0.05) is 19.5 Å². The van der Waals surface area contributed by atoms with Gasteiger partial charge in [0.2, 0.25) is 0 Å². The van der Waals surface area contributed by atoms with Gasteiger partial charge in [-0.25, -0.2) is 4.79 Å². The zero-order valence-electron chi connectivity index (χ0n) is 9.62. The molecule has 0 fully saturated rings. The lowest BCUT2D eigenvalue weighted by Crippen LogP contribution is -2.36. The van der Waals surface area contributed by atoms with Crippen molar-refractivity contribution < 1.29 is 14.7 Å². The Morgan fingerprint density at radius 3 is 2.38 bits per heavy atom. The van der Waals surface area contributed by atoms with Gasteiger partial charge in [-0.05, 0) is 24.3 Å². The van der Waals surface area contributed by atoms with Crippen molar-refractivity contribution in [2.45, 2.75) is 26.2 Å². The molecule has 2 amide bonds. The SMILES string of the molecule is CCSCCCNC(=O)NCCCC(=O)O. The Morgan fingerprint density at radius 1 is 1.19 bits per heavy atom. The van der Waals surface area contributed by atoms with Gasteiger partial charge in [0.05, 0.1) is 0 Å². The Hall–Kier alpha value is -0.910. The predicted molar refractivity (Wildman–Crippen MR) is 65.9 cm³/mol. The number of carbonyl (C=O) groups excluding carboxylic acids is 1. The molecule has 0 spiro atoms. The molecule has 0 unspecified atom stereocenters. The van der Waals surface area contributed by atoms with E-state index in [-0.39, 0.29) is 12.5 Å². The molecule has 6 heteroatoms. The number of urea groups is 1. The fraction of sp³-hybridized carbons (Fsp3) is 0.800. The predicted octanol–water partition coefficient (Wildman–Crippen LogP) is 1.29. The largest absolute Gasteiger partial charge is 0.481 e. The van der Waals surface area contributed by atoms with Crippen LogP contribution >= 0.6 is 11.8 Å². The highest BCUT2D eigenvalue weighted by Crippen LogP contribution is 1.99. The lowest BCUT2D eigenvalue weighted by Gasteiger charge is -2.06. The van der Waals surface area contributed by atoms with Gasteiger partial charge in [-0.1, -0.05) is 6.92 Å². The third-order valence-electron chi connectivity index (χ3n) is 1.81. The number of thioether (sulfide) groups is 1. The van der Waals surface area contributed by atoms with Gasteiger partial charge >= 0.3 is 12.0 Å². The van der Waals surface area contributed by atoms with Crippen molar-refractivity contribution in [3.8, 4) is 0 Å². The van der Waals surface area contributed by atoms with Crippen LogP contribution in [0.2, 0.25) is 0 Å². The molecule has 16 heavy (non-hydrogen) atoms. The summed E-state index contributed by atoms with van der Waals surface area (Å²) in [5, 5.41) is 13.7. The molecule has 0 saturated heterocycles. The summed E-state index contributed by atoms with van der Waals surface area (Å²) < 4.78 is 0. The summed E-state index contributed by atoms with van der Waals surface area (Å²) in [6.45, 7) is 3.17. The first-order valence-electron chi connectivity index (χ1n) is 5.48. The highest BCUT2D eigenvalue weighted by atomic mass is 32.2. The van der Waals surface area contributed by atoms with Gasteiger partial charge in [-0.2, -0.15) is 11.8 Å². The molecule has 94 valence electrons. The minimum Gasteiger partial charge on any atom is -0.481 e. The Bertz CT molecular complexity index is 212. The molecular formula is C10H20N2O3S. The van der Waals surface area contributed by atoms with E-state index in [9.17, 15) is 9.59 Å². The number of hydrogen-bond donors (Lipinski definition) is 3. The number of rotatable bonds is 9. The topological polar surface area (TPSA) is 78.4 Å². The quantitative estimate of drug-likeness (QED) is 0.537. The number of carboxylic acid groups (broad SMARTS) is 1. The molecule has 0 saturated carbocycles. The number of nitrogens with one attached hydrogen (secondary N) is 2. The van der Waals surface area contributed by atoms with Crippen LogP contribution in [0, 0.1) is 0 Å². The average molecular weight is 248 g/mol. The van der Waals surface area contributed by atoms with Crippen LogP contribution in [0.4, 0.5) is 4.79 Å². The summed E-state index contributed by atoms with van der Waals surface area (Å²) in [4.78, 5) is 21.3. The van der Waals surface area contributed by atoms with Crippen LogP contribution in [-0.2, 0) is 4.79 Å². The Kier molecular flexibility index (Phi) is 10.00. The number of hydrogen-bond acceptors (Lipinski definition) is 3. The highest BCUT2D eigenvalue weighted by Gasteiger charge is 2.00. The third kappa shape index (κ3) is 11.2. The second-order valence-corrected chi connectivity index (χ2v) is 4.62. The number of amides is 2. The molecule has 0 atom stereocenters. The van der Waals surface area contributed by atoms with E-state index < -0.39 is 5.97 Å². The van der Waals surface area contributed by atoms with E-state index in [0.717, 1.165) is 17.9 Å². The molecule has 0 aliphatic heterocycles. The zero-order chi connectivity index (χ0) is 12.2. The van der Waals surface area contributed by atoms with Gasteiger partial charge in [-0.15, -0.1) is 0 Å². The van der Waals surface area contributed by atoms with Crippen molar-refractivity contribution in [3.63, 3.8) is 0 Å². The van der Waals surface area contributed by atoms with Crippen LogP contribution in [0.15, 0.2) is 0 Å². The minimum absolute atomic E-state index is 0.0907. The van der Waals surface area contributed by atoms with E-state index in [1.54, 1.807) is 0 Å². The van der Waals surface area contributed by atoms with Crippen molar-refractivity contribution >= 4 is 23.8 Å². The fourth-order valence-corrected chi connectivity index (χ4v) is 1.66. The molecule has 0 heterocycles. The van der Waals surface area contributed by atoms with Crippen LogP contribution < -0.4 is 10.6 Å². The molecule has 0 bridgehead atoms. The summed E-state index contributed by atoms with van der Waals surface area (Å²) in [5.41, 5.74) is 0. The number of carbonyl (C=O) groups is 2.